The third-order valence-corrected chi connectivity index (χ3v) is 7.25. The Balaban J connectivity index is 1.38. The summed E-state index contributed by atoms with van der Waals surface area (Å²) in [5, 5.41) is 0. The fourth-order valence-corrected chi connectivity index (χ4v) is 5.16. The highest BCUT2D eigenvalue weighted by Crippen LogP contribution is 2.36. The van der Waals surface area contributed by atoms with E-state index in [-0.39, 0.29) is 24.5 Å². The predicted octanol–water partition coefficient (Wildman–Crippen LogP) is 4.99. The van der Waals surface area contributed by atoms with Crippen molar-refractivity contribution in [2.75, 3.05) is 6.54 Å². The maximum atomic E-state index is 13.1. The number of hydrogen-bond donors (Lipinski definition) is 0. The number of nitrogens with zero attached hydrogens (tertiary/aromatic N) is 2. The molecule has 1 amide bonds. The monoisotopic (exact) mass is 492 g/mol. The second-order valence-electron chi connectivity index (χ2n) is 8.45. The van der Waals surface area contributed by atoms with Gasteiger partial charge in [0, 0.05) is 6.42 Å². The Bertz CT molecular complexity index is 1400. The Morgan fingerprint density at radius 1 is 1.03 bits per heavy atom. The highest BCUT2D eigenvalue weighted by molar-refractivity contribution is 7.86. The summed E-state index contributed by atoms with van der Waals surface area (Å²) in [4.78, 5) is 19.1. The summed E-state index contributed by atoms with van der Waals surface area (Å²) in [7, 11) is -4.02. The van der Waals surface area contributed by atoms with Crippen LogP contribution in [0, 0.1) is 6.92 Å². The van der Waals surface area contributed by atoms with Gasteiger partial charge < -0.3 is 9.15 Å². The number of aryl methyl sites for hydroxylation is 1. The molecule has 0 N–H and O–H groups in total. The molecule has 3 aromatic carbocycles. The molecule has 4 aromatic rings. The van der Waals surface area contributed by atoms with Gasteiger partial charge >= 0.3 is 6.09 Å². The minimum atomic E-state index is -4.02. The van der Waals surface area contributed by atoms with Gasteiger partial charge in [-0.15, -0.1) is 0 Å². The zero-order valence-electron chi connectivity index (χ0n) is 19.0. The normalized spacial score (nSPS) is 18.1. The van der Waals surface area contributed by atoms with Gasteiger partial charge in [-0.05, 0) is 36.8 Å². The van der Waals surface area contributed by atoms with Gasteiger partial charge in [-0.1, -0.05) is 60.2 Å². The number of rotatable bonds is 6. The third kappa shape index (κ3) is 5.06. The maximum Gasteiger partial charge on any atom is 0.410 e. The number of carbonyl (C=O) groups is 1. The number of fused-ring (bicyclic) bond motifs is 1. The molecule has 5 rings (SSSR count). The van der Waals surface area contributed by atoms with Gasteiger partial charge in [0.25, 0.3) is 10.1 Å². The maximum absolute atomic E-state index is 13.1. The summed E-state index contributed by atoms with van der Waals surface area (Å²) in [6.45, 7) is 1.98. The van der Waals surface area contributed by atoms with Crippen LogP contribution in [-0.4, -0.2) is 37.0 Å². The van der Waals surface area contributed by atoms with E-state index in [0.29, 0.717) is 17.0 Å². The lowest BCUT2D eigenvalue weighted by atomic mass is 10.2. The lowest BCUT2D eigenvalue weighted by Gasteiger charge is -2.21. The van der Waals surface area contributed by atoms with Crippen molar-refractivity contribution in [2.24, 2.45) is 0 Å². The van der Waals surface area contributed by atoms with Gasteiger partial charge in [-0.25, -0.2) is 9.78 Å². The van der Waals surface area contributed by atoms with E-state index in [1.807, 2.05) is 55.5 Å². The highest BCUT2D eigenvalue weighted by atomic mass is 32.2. The van der Waals surface area contributed by atoms with Crippen LogP contribution in [0.3, 0.4) is 0 Å². The van der Waals surface area contributed by atoms with E-state index in [2.05, 4.69) is 4.98 Å². The Labute approximate surface area is 203 Å². The van der Waals surface area contributed by atoms with Crippen LogP contribution in [0.5, 0.6) is 0 Å². The van der Waals surface area contributed by atoms with E-state index in [1.54, 1.807) is 18.2 Å². The minimum Gasteiger partial charge on any atom is -0.445 e. The average molecular weight is 493 g/mol. The standard InChI is InChI=1S/C26H24N2O6S/c1-18-11-13-21(14-12-18)35(30,31)34-20-15-23(25-27-22-9-5-6-10-24(22)33-25)28(16-20)26(29)32-17-19-7-3-2-4-8-19/h2-14,20,23H,15-17H2,1H3/t20-,23+/m1/s1. The summed E-state index contributed by atoms with van der Waals surface area (Å²) in [5.74, 6) is 0.307. The van der Waals surface area contributed by atoms with Gasteiger partial charge in [0.15, 0.2) is 5.58 Å². The van der Waals surface area contributed by atoms with Crippen LogP contribution in [0.2, 0.25) is 0 Å². The van der Waals surface area contributed by atoms with Gasteiger partial charge in [0.05, 0.1) is 17.5 Å². The average Bonchev–Trinajstić information content (AvgIpc) is 3.47. The number of aromatic nitrogens is 1. The predicted molar refractivity (Wildman–Crippen MR) is 128 cm³/mol. The molecule has 0 unspecified atom stereocenters. The summed E-state index contributed by atoms with van der Waals surface area (Å²) >= 11 is 0. The lowest BCUT2D eigenvalue weighted by molar-refractivity contribution is 0.0855. The zero-order valence-corrected chi connectivity index (χ0v) is 19.9. The molecule has 1 aliphatic heterocycles. The van der Waals surface area contributed by atoms with Crippen LogP contribution in [0.25, 0.3) is 11.1 Å². The van der Waals surface area contributed by atoms with E-state index < -0.39 is 28.4 Å². The molecule has 2 heterocycles. The lowest BCUT2D eigenvalue weighted by Crippen LogP contribution is -2.33. The molecule has 0 bridgehead atoms. The molecule has 0 saturated carbocycles. The topological polar surface area (TPSA) is 98.9 Å². The molecule has 9 heteroatoms. The summed E-state index contributed by atoms with van der Waals surface area (Å²) in [6, 6.07) is 22.4. The van der Waals surface area contributed by atoms with Crippen LogP contribution in [0.4, 0.5) is 4.79 Å². The first-order chi connectivity index (χ1) is 16.9. The molecular formula is C26H24N2O6S. The number of likely N-dealkylation sites (tertiary alicyclic amines) is 1. The van der Waals surface area contributed by atoms with Gasteiger partial charge in [0.2, 0.25) is 5.89 Å². The number of amides is 1. The van der Waals surface area contributed by atoms with Gasteiger partial charge in [0.1, 0.15) is 18.2 Å². The molecule has 1 aromatic heterocycles. The number of hydrogen-bond acceptors (Lipinski definition) is 7. The van der Waals surface area contributed by atoms with Crippen molar-refractivity contribution in [1.29, 1.82) is 0 Å². The number of para-hydroxylation sites is 2. The molecule has 8 nitrogen and oxygen atoms in total. The summed E-state index contributed by atoms with van der Waals surface area (Å²) < 4.78 is 42.7. The van der Waals surface area contributed by atoms with E-state index in [4.69, 9.17) is 13.3 Å². The fraction of sp³-hybridized carbons (Fsp3) is 0.231. The van der Waals surface area contributed by atoms with Crippen LogP contribution < -0.4 is 0 Å². The van der Waals surface area contributed by atoms with Crippen molar-refractivity contribution in [3.8, 4) is 0 Å². The highest BCUT2D eigenvalue weighted by Gasteiger charge is 2.42. The van der Waals surface area contributed by atoms with Crippen LogP contribution in [0.15, 0.2) is 88.2 Å². The van der Waals surface area contributed by atoms with E-state index in [9.17, 15) is 13.2 Å². The summed E-state index contributed by atoms with van der Waals surface area (Å²) in [6.07, 6.45) is -1.19. The molecule has 0 aliphatic carbocycles. The molecule has 2 atom stereocenters. The second-order valence-corrected chi connectivity index (χ2v) is 10.0. The Kier molecular flexibility index (Phi) is 6.27. The Hall–Kier alpha value is -3.69. The van der Waals surface area contributed by atoms with E-state index in [0.717, 1.165) is 11.1 Å². The van der Waals surface area contributed by atoms with Crippen LogP contribution >= 0.6 is 0 Å². The molecule has 0 spiro atoms. The minimum absolute atomic E-state index is 0.0160. The van der Waals surface area contributed by atoms with Gasteiger partial charge in [-0.3, -0.25) is 9.08 Å². The Morgan fingerprint density at radius 3 is 2.49 bits per heavy atom. The van der Waals surface area contributed by atoms with Crippen LogP contribution in [-0.2, 0) is 25.6 Å². The first-order valence-electron chi connectivity index (χ1n) is 11.2. The van der Waals surface area contributed by atoms with E-state index >= 15 is 0 Å². The summed E-state index contributed by atoms with van der Waals surface area (Å²) in [5.41, 5.74) is 3.01. The first-order valence-corrected chi connectivity index (χ1v) is 12.6. The van der Waals surface area contributed by atoms with Gasteiger partial charge in [-0.2, -0.15) is 8.42 Å². The SMILES string of the molecule is Cc1ccc(S(=O)(=O)O[C@@H]2C[C@@H](c3nc4ccccc4o3)N(C(=O)OCc3ccccc3)C2)cc1. The van der Waals surface area contributed by atoms with Crippen molar-refractivity contribution >= 4 is 27.3 Å². The molecule has 1 aliphatic rings. The smallest absolute Gasteiger partial charge is 0.410 e. The molecule has 1 saturated heterocycles. The quantitative estimate of drug-likeness (QED) is 0.350. The second kappa shape index (κ2) is 9.52. The molecule has 0 radical (unpaired) electrons. The number of oxazole rings is 1. The van der Waals surface area contributed by atoms with Crippen molar-refractivity contribution < 1.29 is 26.5 Å². The number of carbonyl (C=O) groups excluding carboxylic acids is 1. The van der Waals surface area contributed by atoms with Crippen molar-refractivity contribution in [3.05, 3.63) is 95.9 Å². The van der Waals surface area contributed by atoms with Crippen molar-refractivity contribution in [1.82, 2.24) is 9.88 Å². The van der Waals surface area contributed by atoms with E-state index in [1.165, 1.54) is 17.0 Å². The largest absolute Gasteiger partial charge is 0.445 e. The number of benzene rings is 3. The van der Waals surface area contributed by atoms with Crippen molar-refractivity contribution in [2.45, 2.75) is 37.0 Å². The molecule has 1 fully saturated rings. The number of ether oxygens (including phenoxy) is 1. The first kappa shape index (κ1) is 23.1. The molecule has 180 valence electrons. The Morgan fingerprint density at radius 2 is 1.74 bits per heavy atom. The molecule has 35 heavy (non-hydrogen) atoms. The third-order valence-electron chi connectivity index (χ3n) is 5.87. The van der Waals surface area contributed by atoms with Crippen LogP contribution in [0.1, 0.15) is 29.5 Å². The zero-order chi connectivity index (χ0) is 24.4. The van der Waals surface area contributed by atoms with Crippen molar-refractivity contribution in [3.63, 3.8) is 0 Å². The molecular weight excluding hydrogens is 468 g/mol. The fourth-order valence-electron chi connectivity index (χ4n) is 4.08.